The maximum atomic E-state index is 12.7. The molecule has 0 unspecified atom stereocenters. The molecule has 0 fully saturated rings. The second-order valence-electron chi connectivity index (χ2n) is 6.29. The van der Waals surface area contributed by atoms with Gasteiger partial charge in [0.05, 0.1) is 22.6 Å². The van der Waals surface area contributed by atoms with Crippen molar-refractivity contribution in [1.29, 1.82) is 0 Å². The minimum Gasteiger partial charge on any atom is -0.326 e. The van der Waals surface area contributed by atoms with Crippen LogP contribution in [0.15, 0.2) is 60.7 Å². The van der Waals surface area contributed by atoms with E-state index in [1.54, 1.807) is 29.0 Å². The fraction of sp³-hybridized carbons (Fsp3) is 0.136. The molecule has 0 aliphatic heterocycles. The van der Waals surface area contributed by atoms with Crippen LogP contribution < -0.4 is 5.32 Å². The van der Waals surface area contributed by atoms with E-state index in [0.717, 1.165) is 22.6 Å². The van der Waals surface area contributed by atoms with Crippen LogP contribution in [0.4, 0.5) is 5.69 Å². The van der Waals surface area contributed by atoms with Crippen LogP contribution in [0.25, 0.3) is 11.8 Å². The van der Waals surface area contributed by atoms with Gasteiger partial charge in [-0.25, -0.2) is 4.68 Å². The normalized spacial score (nSPS) is 10.9. The van der Waals surface area contributed by atoms with Crippen LogP contribution in [-0.4, -0.2) is 21.5 Å². The predicted molar refractivity (Wildman–Crippen MR) is 107 cm³/mol. The first-order valence-corrected chi connectivity index (χ1v) is 8.67. The molecule has 1 aromatic heterocycles. The van der Waals surface area contributed by atoms with Crippen molar-refractivity contribution in [3.8, 4) is 5.69 Å². The summed E-state index contributed by atoms with van der Waals surface area (Å²) in [7, 11) is 0. The van der Waals surface area contributed by atoms with Gasteiger partial charge in [-0.15, -0.1) is 0 Å². The Kier molecular flexibility index (Phi) is 5.31. The Morgan fingerprint density at radius 1 is 1.00 bits per heavy atom. The number of rotatable bonds is 5. The summed E-state index contributed by atoms with van der Waals surface area (Å²) in [5.41, 5.74) is 4.66. The SMILES string of the molecule is CC(=O)Nc1ccc(/C=C/C(=O)c2c(C)nn(-c3ccccc3)c2C)cc1. The maximum Gasteiger partial charge on any atom is 0.221 e. The van der Waals surface area contributed by atoms with E-state index in [1.165, 1.54) is 6.92 Å². The summed E-state index contributed by atoms with van der Waals surface area (Å²) in [6.45, 7) is 5.21. The summed E-state index contributed by atoms with van der Waals surface area (Å²) in [5, 5.41) is 7.23. The molecule has 1 N–H and O–H groups in total. The number of benzene rings is 2. The molecule has 0 atom stereocenters. The van der Waals surface area contributed by atoms with E-state index in [2.05, 4.69) is 10.4 Å². The molecule has 1 amide bonds. The van der Waals surface area contributed by atoms with E-state index >= 15 is 0 Å². The van der Waals surface area contributed by atoms with Crippen LogP contribution >= 0.6 is 0 Å². The van der Waals surface area contributed by atoms with E-state index in [1.807, 2.05) is 56.3 Å². The minimum absolute atomic E-state index is 0.0851. The van der Waals surface area contributed by atoms with Gasteiger partial charge in [0.15, 0.2) is 5.78 Å². The van der Waals surface area contributed by atoms with Crippen molar-refractivity contribution in [3.05, 3.63) is 83.2 Å². The van der Waals surface area contributed by atoms with Gasteiger partial charge in [0.2, 0.25) is 5.91 Å². The molecular formula is C22H21N3O2. The molecule has 5 heteroatoms. The van der Waals surface area contributed by atoms with Crippen molar-refractivity contribution in [3.63, 3.8) is 0 Å². The van der Waals surface area contributed by atoms with Crippen LogP contribution in [0, 0.1) is 13.8 Å². The lowest BCUT2D eigenvalue weighted by Crippen LogP contribution is -2.05. The lowest BCUT2D eigenvalue weighted by Gasteiger charge is -2.04. The zero-order chi connectivity index (χ0) is 19.4. The Balaban J connectivity index is 1.81. The van der Waals surface area contributed by atoms with Gasteiger partial charge in [0, 0.05) is 12.6 Å². The third-order valence-corrected chi connectivity index (χ3v) is 4.20. The quantitative estimate of drug-likeness (QED) is 0.544. The Morgan fingerprint density at radius 2 is 1.67 bits per heavy atom. The number of amides is 1. The Bertz CT molecular complexity index is 1000. The molecule has 0 saturated carbocycles. The fourth-order valence-corrected chi connectivity index (χ4v) is 2.96. The molecule has 3 aromatic rings. The van der Waals surface area contributed by atoms with Crippen LogP contribution in [0.5, 0.6) is 0 Å². The van der Waals surface area contributed by atoms with Crippen molar-refractivity contribution in [2.24, 2.45) is 0 Å². The number of hydrogen-bond acceptors (Lipinski definition) is 3. The summed E-state index contributed by atoms with van der Waals surface area (Å²) in [4.78, 5) is 23.8. The van der Waals surface area contributed by atoms with Crippen molar-refractivity contribution in [1.82, 2.24) is 9.78 Å². The minimum atomic E-state index is -0.116. The number of ketones is 1. The monoisotopic (exact) mass is 359 g/mol. The van der Waals surface area contributed by atoms with Crippen LogP contribution in [0.1, 0.15) is 34.2 Å². The molecule has 0 radical (unpaired) electrons. The van der Waals surface area contributed by atoms with Crippen LogP contribution in [0.2, 0.25) is 0 Å². The number of anilines is 1. The van der Waals surface area contributed by atoms with Crippen LogP contribution in [-0.2, 0) is 4.79 Å². The van der Waals surface area contributed by atoms with E-state index in [4.69, 9.17) is 0 Å². The van der Waals surface area contributed by atoms with Gasteiger partial charge >= 0.3 is 0 Å². The van der Waals surface area contributed by atoms with E-state index in [-0.39, 0.29) is 11.7 Å². The highest BCUT2D eigenvalue weighted by atomic mass is 16.1. The number of nitrogens with zero attached hydrogens (tertiary/aromatic N) is 2. The van der Waals surface area contributed by atoms with Crippen molar-refractivity contribution in [2.45, 2.75) is 20.8 Å². The predicted octanol–water partition coefficient (Wildman–Crippen LogP) is 4.34. The van der Waals surface area contributed by atoms with Crippen molar-refractivity contribution in [2.75, 3.05) is 5.32 Å². The summed E-state index contributed by atoms with van der Waals surface area (Å²) in [6.07, 6.45) is 3.32. The average molecular weight is 359 g/mol. The first-order chi connectivity index (χ1) is 13.0. The molecule has 27 heavy (non-hydrogen) atoms. The molecule has 0 spiro atoms. The number of carbonyl (C=O) groups excluding carboxylic acids is 2. The smallest absolute Gasteiger partial charge is 0.221 e. The molecule has 1 heterocycles. The number of allylic oxidation sites excluding steroid dienone is 1. The molecule has 0 bridgehead atoms. The fourth-order valence-electron chi connectivity index (χ4n) is 2.96. The molecule has 5 nitrogen and oxygen atoms in total. The number of aromatic nitrogens is 2. The Hall–Kier alpha value is -3.47. The Morgan fingerprint density at radius 3 is 2.30 bits per heavy atom. The number of aryl methyl sites for hydroxylation is 1. The number of nitrogens with one attached hydrogen (secondary N) is 1. The second kappa shape index (κ2) is 7.83. The first kappa shape index (κ1) is 18.3. The summed E-state index contributed by atoms with van der Waals surface area (Å²) in [5.74, 6) is -0.201. The van der Waals surface area contributed by atoms with Gasteiger partial charge in [-0.2, -0.15) is 5.10 Å². The number of hydrogen-bond donors (Lipinski definition) is 1. The third-order valence-electron chi connectivity index (χ3n) is 4.20. The highest BCUT2D eigenvalue weighted by Crippen LogP contribution is 2.19. The molecular weight excluding hydrogens is 338 g/mol. The summed E-state index contributed by atoms with van der Waals surface area (Å²) in [6, 6.07) is 17.0. The molecule has 0 aliphatic carbocycles. The van der Waals surface area contributed by atoms with Gasteiger partial charge < -0.3 is 5.32 Å². The molecule has 136 valence electrons. The van der Waals surface area contributed by atoms with Gasteiger partial charge in [-0.3, -0.25) is 9.59 Å². The summed E-state index contributed by atoms with van der Waals surface area (Å²) < 4.78 is 1.79. The van der Waals surface area contributed by atoms with Gasteiger partial charge in [-0.05, 0) is 49.8 Å². The van der Waals surface area contributed by atoms with Gasteiger partial charge in [0.1, 0.15) is 0 Å². The second-order valence-corrected chi connectivity index (χ2v) is 6.29. The van der Waals surface area contributed by atoms with Crippen LogP contribution in [0.3, 0.4) is 0 Å². The van der Waals surface area contributed by atoms with Gasteiger partial charge in [0.25, 0.3) is 0 Å². The molecule has 3 rings (SSSR count). The van der Waals surface area contributed by atoms with Gasteiger partial charge in [-0.1, -0.05) is 36.4 Å². The summed E-state index contributed by atoms with van der Waals surface area (Å²) >= 11 is 0. The lowest BCUT2D eigenvalue weighted by molar-refractivity contribution is -0.114. The zero-order valence-corrected chi connectivity index (χ0v) is 15.6. The number of carbonyl (C=O) groups is 2. The lowest BCUT2D eigenvalue weighted by atomic mass is 10.1. The van der Waals surface area contributed by atoms with Crippen molar-refractivity contribution >= 4 is 23.5 Å². The van der Waals surface area contributed by atoms with E-state index < -0.39 is 0 Å². The van der Waals surface area contributed by atoms with E-state index in [9.17, 15) is 9.59 Å². The highest BCUT2D eigenvalue weighted by molar-refractivity contribution is 6.08. The molecule has 2 aromatic carbocycles. The first-order valence-electron chi connectivity index (χ1n) is 8.67. The Labute approximate surface area is 158 Å². The molecule has 0 aliphatic rings. The third kappa shape index (κ3) is 4.20. The number of para-hydroxylation sites is 1. The average Bonchev–Trinajstić information content (AvgIpc) is 2.95. The topological polar surface area (TPSA) is 64.0 Å². The van der Waals surface area contributed by atoms with Crippen molar-refractivity contribution < 1.29 is 9.59 Å². The zero-order valence-electron chi connectivity index (χ0n) is 15.6. The standard InChI is InChI=1S/C22H21N3O2/c1-15-22(16(2)25(24-15)20-7-5-4-6-8-20)21(27)14-11-18-9-12-19(13-10-18)23-17(3)26/h4-14H,1-3H3,(H,23,26)/b14-11+. The molecule has 0 saturated heterocycles. The largest absolute Gasteiger partial charge is 0.326 e. The van der Waals surface area contributed by atoms with E-state index in [0.29, 0.717) is 11.3 Å². The highest BCUT2D eigenvalue weighted by Gasteiger charge is 2.17. The maximum absolute atomic E-state index is 12.7.